The molecule has 2 atom stereocenters. The molecule has 0 aliphatic rings. The fourth-order valence-electron chi connectivity index (χ4n) is 1.12. The Balaban J connectivity index is 2.52. The van der Waals surface area contributed by atoms with Crippen LogP contribution < -0.4 is 11.1 Å². The lowest BCUT2D eigenvalue weighted by Gasteiger charge is -2.14. The van der Waals surface area contributed by atoms with Gasteiger partial charge in [0.2, 0.25) is 0 Å². The largest absolute Gasteiger partial charge is 0.391 e. The van der Waals surface area contributed by atoms with Gasteiger partial charge in [0.05, 0.1) is 12.1 Å². The fourth-order valence-corrected chi connectivity index (χ4v) is 1.88. The smallest absolute Gasteiger partial charge is 0.270 e. The molecular formula is C11H19N3O2S. The van der Waals surface area contributed by atoms with E-state index in [1.54, 1.807) is 5.38 Å². The maximum absolute atomic E-state index is 11.7. The zero-order chi connectivity index (χ0) is 13.0. The summed E-state index contributed by atoms with van der Waals surface area (Å²) >= 11 is 1.37. The molecule has 0 fully saturated rings. The number of amides is 1. The van der Waals surface area contributed by atoms with Crippen molar-refractivity contribution in [1.29, 1.82) is 0 Å². The number of carbonyl (C=O) groups excluding carboxylic acids is 1. The van der Waals surface area contributed by atoms with Crippen molar-refractivity contribution in [2.24, 2.45) is 11.7 Å². The quantitative estimate of drug-likeness (QED) is 0.731. The van der Waals surface area contributed by atoms with Gasteiger partial charge in [-0.05, 0) is 12.8 Å². The van der Waals surface area contributed by atoms with Crippen LogP contribution in [-0.2, 0) is 0 Å². The zero-order valence-corrected chi connectivity index (χ0v) is 11.1. The molecule has 0 radical (unpaired) electrons. The first-order valence-corrected chi connectivity index (χ1v) is 6.47. The molecule has 0 aliphatic heterocycles. The number of hydrogen-bond donors (Lipinski definition) is 3. The first-order valence-electron chi connectivity index (χ1n) is 5.59. The van der Waals surface area contributed by atoms with Crippen LogP contribution in [0.3, 0.4) is 0 Å². The van der Waals surface area contributed by atoms with Gasteiger partial charge in [-0.15, -0.1) is 11.3 Å². The number of aromatic nitrogens is 1. The van der Waals surface area contributed by atoms with E-state index >= 15 is 0 Å². The van der Waals surface area contributed by atoms with Crippen molar-refractivity contribution in [3.8, 4) is 0 Å². The normalized spacial score (nSPS) is 14.7. The number of carbonyl (C=O) groups is 1. The third kappa shape index (κ3) is 4.07. The standard InChI is InChI=1S/C11H19N3O2S/c1-6(2)9(15)4-13-10(16)8-5-17-11(14-8)7(3)12/h5-7,9,15H,4,12H2,1-3H3,(H,13,16). The Labute approximate surface area is 105 Å². The van der Waals surface area contributed by atoms with Crippen LogP contribution in [0, 0.1) is 5.92 Å². The number of rotatable bonds is 5. The van der Waals surface area contributed by atoms with Gasteiger partial charge in [-0.3, -0.25) is 4.79 Å². The third-order valence-electron chi connectivity index (χ3n) is 2.39. The van der Waals surface area contributed by atoms with Crippen LogP contribution in [0.4, 0.5) is 0 Å². The van der Waals surface area contributed by atoms with Crippen molar-refractivity contribution in [3.63, 3.8) is 0 Å². The Morgan fingerprint density at radius 3 is 2.71 bits per heavy atom. The van der Waals surface area contributed by atoms with Gasteiger partial charge in [0, 0.05) is 11.9 Å². The summed E-state index contributed by atoms with van der Waals surface area (Å²) in [5, 5.41) is 14.6. The van der Waals surface area contributed by atoms with Crippen LogP contribution >= 0.6 is 11.3 Å². The minimum atomic E-state index is -0.537. The number of nitrogens with one attached hydrogen (secondary N) is 1. The molecule has 1 aromatic heterocycles. The molecule has 17 heavy (non-hydrogen) atoms. The van der Waals surface area contributed by atoms with Gasteiger partial charge in [0.15, 0.2) is 0 Å². The van der Waals surface area contributed by atoms with E-state index in [1.807, 2.05) is 20.8 Å². The molecule has 96 valence electrons. The van der Waals surface area contributed by atoms with Gasteiger partial charge >= 0.3 is 0 Å². The van der Waals surface area contributed by atoms with Gasteiger partial charge in [0.1, 0.15) is 10.7 Å². The summed E-state index contributed by atoms with van der Waals surface area (Å²) < 4.78 is 0. The van der Waals surface area contributed by atoms with Crippen molar-refractivity contribution in [2.45, 2.75) is 32.9 Å². The van der Waals surface area contributed by atoms with Crippen LogP contribution in [0.1, 0.15) is 42.3 Å². The topological polar surface area (TPSA) is 88.2 Å². The number of hydrogen-bond acceptors (Lipinski definition) is 5. The molecule has 0 bridgehead atoms. The fraction of sp³-hybridized carbons (Fsp3) is 0.636. The summed E-state index contributed by atoms with van der Waals surface area (Å²) in [6, 6.07) is -0.164. The molecule has 6 heteroatoms. The molecular weight excluding hydrogens is 238 g/mol. The van der Waals surface area contributed by atoms with E-state index in [-0.39, 0.29) is 24.4 Å². The van der Waals surface area contributed by atoms with Gasteiger partial charge < -0.3 is 16.2 Å². The minimum absolute atomic E-state index is 0.116. The van der Waals surface area contributed by atoms with E-state index in [0.717, 1.165) is 5.01 Å². The Morgan fingerprint density at radius 1 is 1.59 bits per heavy atom. The number of aliphatic hydroxyl groups is 1. The van der Waals surface area contributed by atoms with E-state index in [9.17, 15) is 9.90 Å². The Bertz CT molecular complexity index is 377. The van der Waals surface area contributed by atoms with Crippen LogP contribution in [0.25, 0.3) is 0 Å². The number of aliphatic hydroxyl groups excluding tert-OH is 1. The minimum Gasteiger partial charge on any atom is -0.391 e. The van der Waals surface area contributed by atoms with E-state index < -0.39 is 6.10 Å². The Kier molecular flexibility index (Phi) is 5.04. The summed E-state index contributed by atoms with van der Waals surface area (Å²) in [6.45, 7) is 5.85. The molecule has 4 N–H and O–H groups in total. The molecule has 1 amide bonds. The molecule has 0 aliphatic carbocycles. The van der Waals surface area contributed by atoms with E-state index in [4.69, 9.17) is 5.73 Å². The molecule has 0 spiro atoms. The van der Waals surface area contributed by atoms with E-state index in [0.29, 0.717) is 5.69 Å². The Hall–Kier alpha value is -0.980. The van der Waals surface area contributed by atoms with E-state index in [1.165, 1.54) is 11.3 Å². The first kappa shape index (κ1) is 14.1. The average molecular weight is 257 g/mol. The molecule has 1 rings (SSSR count). The predicted molar refractivity (Wildman–Crippen MR) is 67.9 cm³/mol. The lowest BCUT2D eigenvalue weighted by atomic mass is 10.1. The predicted octanol–water partition coefficient (Wildman–Crippen LogP) is 0.909. The van der Waals surface area contributed by atoms with Crippen molar-refractivity contribution >= 4 is 17.2 Å². The van der Waals surface area contributed by atoms with E-state index in [2.05, 4.69) is 10.3 Å². The highest BCUT2D eigenvalue weighted by molar-refractivity contribution is 7.09. The zero-order valence-electron chi connectivity index (χ0n) is 10.3. The second kappa shape index (κ2) is 6.09. The van der Waals surface area contributed by atoms with Crippen LogP contribution in [-0.4, -0.2) is 28.6 Å². The van der Waals surface area contributed by atoms with Gasteiger partial charge in [-0.25, -0.2) is 4.98 Å². The van der Waals surface area contributed by atoms with Crippen LogP contribution in [0.5, 0.6) is 0 Å². The molecule has 0 saturated heterocycles. The molecule has 0 saturated carbocycles. The highest BCUT2D eigenvalue weighted by atomic mass is 32.1. The molecule has 0 aromatic carbocycles. The maximum Gasteiger partial charge on any atom is 0.270 e. The van der Waals surface area contributed by atoms with Gasteiger partial charge in [0.25, 0.3) is 5.91 Å². The number of thiazole rings is 1. The average Bonchev–Trinajstić information content (AvgIpc) is 2.74. The van der Waals surface area contributed by atoms with Crippen molar-refractivity contribution in [2.75, 3.05) is 6.54 Å². The van der Waals surface area contributed by atoms with Crippen LogP contribution in [0.2, 0.25) is 0 Å². The van der Waals surface area contributed by atoms with Crippen LogP contribution in [0.15, 0.2) is 5.38 Å². The number of nitrogens with two attached hydrogens (primary N) is 1. The summed E-state index contributed by atoms with van der Waals surface area (Å²) in [5.41, 5.74) is 6.02. The Morgan fingerprint density at radius 2 is 2.24 bits per heavy atom. The van der Waals surface area contributed by atoms with Crippen molar-refractivity contribution in [1.82, 2.24) is 10.3 Å². The van der Waals surface area contributed by atoms with Crippen molar-refractivity contribution in [3.05, 3.63) is 16.1 Å². The summed E-state index contributed by atoms with van der Waals surface area (Å²) in [6.07, 6.45) is -0.537. The summed E-state index contributed by atoms with van der Waals surface area (Å²) in [7, 11) is 0. The molecule has 1 aromatic rings. The lowest BCUT2D eigenvalue weighted by Crippen LogP contribution is -2.34. The highest BCUT2D eigenvalue weighted by Gasteiger charge is 2.15. The van der Waals surface area contributed by atoms with Gasteiger partial charge in [-0.1, -0.05) is 13.8 Å². The summed E-state index contributed by atoms with van der Waals surface area (Å²) in [4.78, 5) is 15.8. The molecule has 1 heterocycles. The van der Waals surface area contributed by atoms with Crippen molar-refractivity contribution < 1.29 is 9.90 Å². The monoisotopic (exact) mass is 257 g/mol. The maximum atomic E-state index is 11.7. The lowest BCUT2D eigenvalue weighted by molar-refractivity contribution is 0.0867. The molecule has 5 nitrogen and oxygen atoms in total. The SMILES string of the molecule is CC(N)c1nc(C(=O)NCC(O)C(C)C)cs1. The number of nitrogens with zero attached hydrogens (tertiary/aromatic N) is 1. The highest BCUT2D eigenvalue weighted by Crippen LogP contribution is 2.15. The second-order valence-electron chi connectivity index (χ2n) is 4.38. The summed E-state index contributed by atoms with van der Waals surface area (Å²) in [5.74, 6) is -0.154. The second-order valence-corrected chi connectivity index (χ2v) is 5.27. The first-order chi connectivity index (χ1) is 7.91. The third-order valence-corrected chi connectivity index (χ3v) is 3.43. The van der Waals surface area contributed by atoms with Gasteiger partial charge in [-0.2, -0.15) is 0 Å². The molecule has 2 unspecified atom stereocenters.